The lowest BCUT2D eigenvalue weighted by atomic mass is 9.79. The number of nitrogens with zero attached hydrogens (tertiary/aromatic N) is 3. The van der Waals surface area contributed by atoms with Crippen molar-refractivity contribution in [2.45, 2.75) is 56.2 Å². The molecule has 3 amide bonds. The van der Waals surface area contributed by atoms with E-state index < -0.39 is 18.0 Å². The van der Waals surface area contributed by atoms with Gasteiger partial charge in [0.2, 0.25) is 11.8 Å². The van der Waals surface area contributed by atoms with Gasteiger partial charge in [0, 0.05) is 35.6 Å². The normalized spacial score (nSPS) is 33.7. The SMILES string of the molecule is CC(O)C1C(=O)N2C(C(=O)O)=C(SC3CNC(C(=O)N4CCC([N+](C)(C)CC(N)=O)C4)C3)C(C)[C@H]12. The number of rotatable bonds is 8. The lowest BCUT2D eigenvalue weighted by Gasteiger charge is -2.46. The van der Waals surface area contributed by atoms with Crippen molar-refractivity contribution in [3.05, 3.63) is 10.6 Å². The standard InChI is InChI=1S/C23H35N5O6S/c1-11-18-17(12(2)29)22(32)27(18)19(23(33)34)20(11)35-14-7-15(25-8-14)21(31)26-6-5-13(9-26)28(3,4)10-16(24)30/h11-15,17-18,25,29H,5-10H2,1-4H3,(H2-,24,30,33,34)/p+1/t11?,12?,13?,14?,15?,17?,18-/m1/s1. The van der Waals surface area contributed by atoms with Crippen molar-refractivity contribution in [1.82, 2.24) is 15.1 Å². The minimum Gasteiger partial charge on any atom is -0.477 e. The third kappa shape index (κ3) is 4.56. The zero-order valence-electron chi connectivity index (χ0n) is 20.6. The Morgan fingerprint density at radius 1 is 1.31 bits per heavy atom. The van der Waals surface area contributed by atoms with Gasteiger partial charge in [0.1, 0.15) is 11.7 Å². The maximum Gasteiger partial charge on any atom is 0.353 e. The summed E-state index contributed by atoms with van der Waals surface area (Å²) in [4.78, 5) is 53.0. The van der Waals surface area contributed by atoms with Gasteiger partial charge in [0.05, 0.1) is 44.7 Å². The van der Waals surface area contributed by atoms with Gasteiger partial charge in [-0.15, -0.1) is 11.8 Å². The molecule has 194 valence electrons. The Labute approximate surface area is 209 Å². The van der Waals surface area contributed by atoms with Gasteiger partial charge in [0.15, 0.2) is 6.54 Å². The number of primary amides is 1. The number of nitrogens with two attached hydrogens (primary N) is 1. The number of nitrogens with one attached hydrogen (secondary N) is 1. The zero-order chi connectivity index (χ0) is 25.8. The predicted octanol–water partition coefficient (Wildman–Crippen LogP) is -1.23. The lowest BCUT2D eigenvalue weighted by molar-refractivity contribution is -0.905. The van der Waals surface area contributed by atoms with Crippen LogP contribution in [0, 0.1) is 11.8 Å². The number of aliphatic hydroxyl groups is 1. The van der Waals surface area contributed by atoms with Crippen LogP contribution < -0.4 is 11.1 Å². The summed E-state index contributed by atoms with van der Waals surface area (Å²) in [5, 5.41) is 23.1. The van der Waals surface area contributed by atoms with Gasteiger partial charge in [-0.3, -0.25) is 14.4 Å². The van der Waals surface area contributed by atoms with Gasteiger partial charge in [-0.05, 0) is 13.3 Å². The molecule has 4 aliphatic rings. The molecular formula is C23H36N5O6S+. The third-order valence-corrected chi connectivity index (χ3v) is 9.53. The summed E-state index contributed by atoms with van der Waals surface area (Å²) in [6, 6.07) is -0.552. The Morgan fingerprint density at radius 3 is 2.60 bits per heavy atom. The molecule has 11 nitrogen and oxygen atoms in total. The molecule has 0 aromatic carbocycles. The van der Waals surface area contributed by atoms with Crippen molar-refractivity contribution >= 4 is 35.5 Å². The van der Waals surface area contributed by atoms with Crippen molar-refractivity contribution < 1.29 is 33.9 Å². The number of β-lactam (4-membered cyclic amide) rings is 1. The maximum absolute atomic E-state index is 13.2. The minimum atomic E-state index is -1.14. The molecular weight excluding hydrogens is 474 g/mol. The number of thioether (sulfide) groups is 1. The largest absolute Gasteiger partial charge is 0.477 e. The fourth-order valence-corrected chi connectivity index (χ4v) is 7.58. The molecule has 7 atom stereocenters. The van der Waals surface area contributed by atoms with Crippen LogP contribution >= 0.6 is 11.8 Å². The molecule has 0 aliphatic carbocycles. The molecule has 4 heterocycles. The molecule has 12 heteroatoms. The number of fused-ring (bicyclic) bond motifs is 1. The summed E-state index contributed by atoms with van der Waals surface area (Å²) in [5.74, 6) is -2.60. The number of carbonyl (C=O) groups is 4. The average molecular weight is 511 g/mol. The topological polar surface area (TPSA) is 153 Å². The molecule has 0 aromatic rings. The van der Waals surface area contributed by atoms with E-state index in [0.717, 1.165) is 6.42 Å². The van der Waals surface area contributed by atoms with Crippen LogP contribution in [0.5, 0.6) is 0 Å². The Morgan fingerprint density at radius 2 is 2.00 bits per heavy atom. The van der Waals surface area contributed by atoms with Crippen LogP contribution in [0.4, 0.5) is 0 Å². The van der Waals surface area contributed by atoms with Crippen molar-refractivity contribution in [2.24, 2.45) is 17.6 Å². The monoisotopic (exact) mass is 510 g/mol. The first-order valence-corrected chi connectivity index (χ1v) is 13.0. The number of likely N-dealkylation sites (tertiary alicyclic amines) is 1. The first-order valence-electron chi connectivity index (χ1n) is 12.1. The van der Waals surface area contributed by atoms with Crippen LogP contribution in [0.1, 0.15) is 26.7 Å². The highest BCUT2D eigenvalue weighted by Crippen LogP contribution is 2.51. The molecule has 35 heavy (non-hydrogen) atoms. The quantitative estimate of drug-likeness (QED) is 0.234. The van der Waals surface area contributed by atoms with Crippen molar-refractivity contribution in [1.29, 1.82) is 0 Å². The van der Waals surface area contributed by atoms with Crippen LogP contribution in [0.15, 0.2) is 10.6 Å². The van der Waals surface area contributed by atoms with E-state index in [-0.39, 0.29) is 59.3 Å². The molecule has 0 spiro atoms. The van der Waals surface area contributed by atoms with Crippen molar-refractivity contribution in [3.63, 3.8) is 0 Å². The Kier molecular flexibility index (Phi) is 6.95. The third-order valence-electron chi connectivity index (χ3n) is 8.02. The number of likely N-dealkylation sites (N-methyl/N-ethyl adjacent to an activating group) is 1. The second-order valence-corrected chi connectivity index (χ2v) is 12.2. The molecule has 3 saturated heterocycles. The van der Waals surface area contributed by atoms with Crippen LogP contribution in [-0.2, 0) is 19.2 Å². The number of carboxylic acid groups (broad SMARTS) is 1. The van der Waals surface area contributed by atoms with Crippen molar-refractivity contribution in [3.8, 4) is 0 Å². The summed E-state index contributed by atoms with van der Waals surface area (Å²) < 4.78 is 0.448. The van der Waals surface area contributed by atoms with Gasteiger partial charge in [0.25, 0.3) is 5.91 Å². The Hall–Kier alpha value is -2.15. The highest BCUT2D eigenvalue weighted by atomic mass is 32.2. The molecule has 4 rings (SSSR count). The van der Waals surface area contributed by atoms with Gasteiger partial charge in [-0.25, -0.2) is 4.79 Å². The molecule has 5 N–H and O–H groups in total. The van der Waals surface area contributed by atoms with Crippen LogP contribution in [-0.4, -0.2) is 118 Å². The first-order chi connectivity index (χ1) is 16.3. The summed E-state index contributed by atoms with van der Waals surface area (Å²) in [5.41, 5.74) is 5.40. The molecule has 0 saturated carbocycles. The molecule has 6 unspecified atom stereocenters. The fourth-order valence-electron chi connectivity index (χ4n) is 6.10. The predicted molar refractivity (Wildman–Crippen MR) is 129 cm³/mol. The van der Waals surface area contributed by atoms with Crippen molar-refractivity contribution in [2.75, 3.05) is 40.3 Å². The number of carbonyl (C=O) groups excluding carboxylic acids is 3. The van der Waals surface area contributed by atoms with E-state index >= 15 is 0 Å². The molecule has 4 aliphatic heterocycles. The van der Waals surface area contributed by atoms with Gasteiger partial charge in [-0.1, -0.05) is 6.92 Å². The number of carboxylic acids is 1. The summed E-state index contributed by atoms with van der Waals surface area (Å²) in [6.07, 6.45) is 0.529. The second-order valence-electron chi connectivity index (χ2n) is 10.8. The molecule has 0 aromatic heterocycles. The van der Waals surface area contributed by atoms with Crippen LogP contribution in [0.2, 0.25) is 0 Å². The lowest BCUT2D eigenvalue weighted by Crippen LogP contribution is -2.63. The number of hydrogen-bond donors (Lipinski definition) is 4. The summed E-state index contributed by atoms with van der Waals surface area (Å²) in [6.45, 7) is 5.45. The highest BCUT2D eigenvalue weighted by Gasteiger charge is 2.60. The average Bonchev–Trinajstić information content (AvgIpc) is 3.46. The number of quaternary nitrogens is 1. The number of amides is 3. The first kappa shape index (κ1) is 25.9. The van der Waals surface area contributed by atoms with E-state index in [1.54, 1.807) is 6.92 Å². The minimum absolute atomic E-state index is 0.00460. The van der Waals surface area contributed by atoms with Gasteiger partial charge >= 0.3 is 5.97 Å². The summed E-state index contributed by atoms with van der Waals surface area (Å²) in [7, 11) is 3.91. The van der Waals surface area contributed by atoms with E-state index in [1.165, 1.54) is 16.7 Å². The van der Waals surface area contributed by atoms with E-state index in [1.807, 2.05) is 25.9 Å². The number of hydrogen-bond acceptors (Lipinski definition) is 7. The van der Waals surface area contributed by atoms with E-state index in [0.29, 0.717) is 35.4 Å². The highest BCUT2D eigenvalue weighted by molar-refractivity contribution is 8.03. The van der Waals surface area contributed by atoms with Crippen LogP contribution in [0.3, 0.4) is 0 Å². The van der Waals surface area contributed by atoms with Gasteiger partial charge in [-0.2, -0.15) is 0 Å². The number of aliphatic hydroxyl groups excluding tert-OH is 1. The zero-order valence-corrected chi connectivity index (χ0v) is 21.5. The molecule has 0 radical (unpaired) electrons. The Bertz CT molecular complexity index is 968. The van der Waals surface area contributed by atoms with Gasteiger partial charge < -0.3 is 35.5 Å². The van der Waals surface area contributed by atoms with E-state index in [4.69, 9.17) is 5.73 Å². The van der Waals surface area contributed by atoms with E-state index in [9.17, 15) is 29.4 Å². The number of aliphatic carboxylic acids is 1. The molecule has 3 fully saturated rings. The second kappa shape index (κ2) is 9.38. The van der Waals surface area contributed by atoms with Crippen LogP contribution in [0.25, 0.3) is 0 Å². The fraction of sp³-hybridized carbons (Fsp3) is 0.739. The maximum atomic E-state index is 13.2. The Balaban J connectivity index is 1.39. The van der Waals surface area contributed by atoms with E-state index in [2.05, 4.69) is 5.32 Å². The smallest absolute Gasteiger partial charge is 0.353 e. The summed E-state index contributed by atoms with van der Waals surface area (Å²) >= 11 is 1.43. The molecule has 0 bridgehead atoms.